The minimum absolute atomic E-state index is 0.0880. The number of para-hydroxylation sites is 1. The van der Waals surface area contributed by atoms with Crippen LogP contribution in [0.5, 0.6) is 5.75 Å². The molecule has 1 unspecified atom stereocenters. The lowest BCUT2D eigenvalue weighted by Gasteiger charge is -2.16. The van der Waals surface area contributed by atoms with Crippen LogP contribution in [0.1, 0.15) is 18.1 Å². The van der Waals surface area contributed by atoms with Gasteiger partial charge in [-0.15, -0.1) is 0 Å². The lowest BCUT2D eigenvalue weighted by molar-refractivity contribution is -0.122. The van der Waals surface area contributed by atoms with Crippen LogP contribution in [0, 0.1) is 13.8 Å². The molecule has 0 aromatic heterocycles. The first-order valence-electron chi connectivity index (χ1n) is 9.57. The number of ether oxygens (including phenoxy) is 1. The van der Waals surface area contributed by atoms with Crippen LogP contribution in [-0.4, -0.2) is 20.4 Å². The van der Waals surface area contributed by atoms with E-state index in [-0.39, 0.29) is 10.8 Å². The SMILES string of the molecule is Cc1cc(C)cc(NS(=O)(=O)c2ccc(NC(=O)C(C)Oc3ccccc3Cl)cc2)c1. The summed E-state index contributed by atoms with van der Waals surface area (Å²) in [6.45, 7) is 5.41. The van der Waals surface area contributed by atoms with Gasteiger partial charge in [-0.05, 0) is 80.4 Å². The van der Waals surface area contributed by atoms with Crippen molar-refractivity contribution in [3.63, 3.8) is 0 Å². The molecule has 0 saturated carbocycles. The highest BCUT2D eigenvalue weighted by Gasteiger charge is 2.18. The van der Waals surface area contributed by atoms with E-state index in [2.05, 4.69) is 10.0 Å². The molecule has 0 saturated heterocycles. The largest absolute Gasteiger partial charge is 0.479 e. The summed E-state index contributed by atoms with van der Waals surface area (Å²) in [4.78, 5) is 12.5. The van der Waals surface area contributed by atoms with Crippen LogP contribution < -0.4 is 14.8 Å². The molecular formula is C23H23ClN2O4S. The minimum atomic E-state index is -3.76. The van der Waals surface area contributed by atoms with E-state index in [1.807, 2.05) is 19.9 Å². The van der Waals surface area contributed by atoms with Gasteiger partial charge in [0.05, 0.1) is 9.92 Å². The summed E-state index contributed by atoms with van der Waals surface area (Å²) in [5, 5.41) is 3.11. The van der Waals surface area contributed by atoms with E-state index in [4.69, 9.17) is 16.3 Å². The van der Waals surface area contributed by atoms with Crippen LogP contribution in [0.2, 0.25) is 5.02 Å². The molecule has 1 atom stereocenters. The summed E-state index contributed by atoms with van der Waals surface area (Å²) in [7, 11) is -3.76. The Bertz CT molecular complexity index is 1170. The first kappa shape index (κ1) is 22.7. The molecule has 0 spiro atoms. The number of anilines is 2. The predicted molar refractivity (Wildman–Crippen MR) is 123 cm³/mol. The topological polar surface area (TPSA) is 84.5 Å². The number of aryl methyl sites for hydroxylation is 2. The molecule has 8 heteroatoms. The maximum Gasteiger partial charge on any atom is 0.265 e. The molecule has 31 heavy (non-hydrogen) atoms. The maximum atomic E-state index is 12.7. The van der Waals surface area contributed by atoms with Gasteiger partial charge >= 0.3 is 0 Å². The summed E-state index contributed by atoms with van der Waals surface area (Å²) in [6.07, 6.45) is -0.797. The zero-order valence-corrected chi connectivity index (χ0v) is 18.9. The Morgan fingerprint density at radius 3 is 2.16 bits per heavy atom. The van der Waals surface area contributed by atoms with Crippen LogP contribution in [-0.2, 0) is 14.8 Å². The highest BCUT2D eigenvalue weighted by molar-refractivity contribution is 7.92. The van der Waals surface area contributed by atoms with Crippen molar-refractivity contribution in [1.82, 2.24) is 0 Å². The Labute approximate surface area is 187 Å². The van der Waals surface area contributed by atoms with Gasteiger partial charge in [-0.25, -0.2) is 8.42 Å². The van der Waals surface area contributed by atoms with E-state index in [1.54, 1.807) is 43.3 Å². The van der Waals surface area contributed by atoms with E-state index in [0.29, 0.717) is 22.1 Å². The Balaban J connectivity index is 1.66. The number of hydrogen-bond acceptors (Lipinski definition) is 4. The Hall–Kier alpha value is -3.03. The normalized spacial score (nSPS) is 12.1. The Morgan fingerprint density at radius 2 is 1.55 bits per heavy atom. The standard InChI is InChI=1S/C23H23ClN2O4S/c1-15-12-16(2)14-19(13-15)26-31(28,29)20-10-8-18(9-11-20)25-23(27)17(3)30-22-7-5-4-6-21(22)24/h4-14,17,26H,1-3H3,(H,25,27). The van der Waals surface area contributed by atoms with Gasteiger partial charge in [0.15, 0.2) is 6.10 Å². The number of sulfonamides is 1. The molecule has 0 aliphatic rings. The van der Waals surface area contributed by atoms with Gasteiger partial charge < -0.3 is 10.1 Å². The van der Waals surface area contributed by atoms with Crippen molar-refractivity contribution in [2.75, 3.05) is 10.0 Å². The maximum absolute atomic E-state index is 12.7. The molecule has 3 aromatic carbocycles. The molecule has 6 nitrogen and oxygen atoms in total. The van der Waals surface area contributed by atoms with E-state index in [1.165, 1.54) is 24.3 Å². The van der Waals surface area contributed by atoms with Crippen molar-refractivity contribution < 1.29 is 17.9 Å². The number of rotatable bonds is 7. The third-order valence-corrected chi connectivity index (χ3v) is 6.13. The second-order valence-electron chi connectivity index (χ2n) is 7.19. The molecule has 0 fully saturated rings. The second-order valence-corrected chi connectivity index (χ2v) is 9.28. The number of amides is 1. The fourth-order valence-electron chi connectivity index (χ4n) is 2.99. The molecule has 162 valence electrons. The van der Waals surface area contributed by atoms with Crippen molar-refractivity contribution in [2.24, 2.45) is 0 Å². The molecule has 1 amide bonds. The van der Waals surface area contributed by atoms with Crippen LogP contribution in [0.25, 0.3) is 0 Å². The summed E-state index contributed by atoms with van der Waals surface area (Å²) < 4.78 is 33.5. The third-order valence-electron chi connectivity index (χ3n) is 4.42. The quantitative estimate of drug-likeness (QED) is 0.512. The zero-order valence-electron chi connectivity index (χ0n) is 17.3. The fourth-order valence-corrected chi connectivity index (χ4v) is 4.21. The highest BCUT2D eigenvalue weighted by Crippen LogP contribution is 2.25. The van der Waals surface area contributed by atoms with E-state index in [9.17, 15) is 13.2 Å². The Kier molecular flexibility index (Phi) is 6.87. The lowest BCUT2D eigenvalue weighted by atomic mass is 10.1. The molecule has 0 heterocycles. The average Bonchev–Trinajstić information content (AvgIpc) is 2.69. The molecule has 3 aromatic rings. The first-order chi connectivity index (χ1) is 14.6. The molecule has 2 N–H and O–H groups in total. The van der Waals surface area contributed by atoms with Crippen molar-refractivity contribution in [1.29, 1.82) is 0 Å². The molecular weight excluding hydrogens is 436 g/mol. The molecule has 3 rings (SSSR count). The summed E-state index contributed by atoms with van der Waals surface area (Å²) in [6, 6.07) is 18.3. The number of carbonyl (C=O) groups is 1. The zero-order chi connectivity index (χ0) is 22.6. The average molecular weight is 459 g/mol. The number of halogens is 1. The van der Waals surface area contributed by atoms with Crippen LogP contribution in [0.4, 0.5) is 11.4 Å². The van der Waals surface area contributed by atoms with Gasteiger partial charge in [0.1, 0.15) is 5.75 Å². The number of benzene rings is 3. The molecule has 0 bridgehead atoms. The van der Waals surface area contributed by atoms with Crippen molar-refractivity contribution in [3.8, 4) is 5.75 Å². The van der Waals surface area contributed by atoms with Gasteiger partial charge in [0.2, 0.25) is 0 Å². The molecule has 0 aliphatic carbocycles. The highest BCUT2D eigenvalue weighted by atomic mass is 35.5. The van der Waals surface area contributed by atoms with Crippen molar-refractivity contribution in [3.05, 3.63) is 82.9 Å². The summed E-state index contributed by atoms with van der Waals surface area (Å²) in [5.41, 5.74) is 2.87. The number of hydrogen-bond donors (Lipinski definition) is 2. The van der Waals surface area contributed by atoms with Crippen LogP contribution in [0.15, 0.2) is 71.6 Å². The van der Waals surface area contributed by atoms with Crippen LogP contribution in [0.3, 0.4) is 0 Å². The van der Waals surface area contributed by atoms with Gasteiger partial charge in [-0.2, -0.15) is 0 Å². The van der Waals surface area contributed by atoms with Crippen LogP contribution >= 0.6 is 11.6 Å². The van der Waals surface area contributed by atoms with Crippen molar-refractivity contribution >= 4 is 38.9 Å². The smallest absolute Gasteiger partial charge is 0.265 e. The van der Waals surface area contributed by atoms with Gasteiger partial charge in [-0.1, -0.05) is 29.8 Å². The first-order valence-corrected chi connectivity index (χ1v) is 11.4. The second kappa shape index (κ2) is 9.41. The third kappa shape index (κ3) is 5.99. The Morgan fingerprint density at radius 1 is 0.935 bits per heavy atom. The van der Waals surface area contributed by atoms with Gasteiger partial charge in [0.25, 0.3) is 15.9 Å². The monoisotopic (exact) mass is 458 g/mol. The van der Waals surface area contributed by atoms with E-state index < -0.39 is 16.1 Å². The molecule has 0 aliphatic heterocycles. The van der Waals surface area contributed by atoms with Gasteiger partial charge in [0, 0.05) is 11.4 Å². The lowest BCUT2D eigenvalue weighted by Crippen LogP contribution is -2.30. The summed E-state index contributed by atoms with van der Waals surface area (Å²) in [5.74, 6) is 0.0228. The predicted octanol–water partition coefficient (Wildman–Crippen LogP) is 5.16. The summed E-state index contributed by atoms with van der Waals surface area (Å²) >= 11 is 6.05. The number of nitrogens with one attached hydrogen (secondary N) is 2. The van der Waals surface area contributed by atoms with E-state index in [0.717, 1.165) is 11.1 Å². The van der Waals surface area contributed by atoms with E-state index >= 15 is 0 Å². The minimum Gasteiger partial charge on any atom is -0.479 e. The molecule has 0 radical (unpaired) electrons. The fraction of sp³-hybridized carbons (Fsp3) is 0.174. The van der Waals surface area contributed by atoms with Crippen molar-refractivity contribution in [2.45, 2.75) is 31.8 Å². The van der Waals surface area contributed by atoms with Gasteiger partial charge in [-0.3, -0.25) is 9.52 Å². The number of carbonyl (C=O) groups excluding carboxylic acids is 1.